The van der Waals surface area contributed by atoms with Gasteiger partial charge in [-0.15, -0.1) is 0 Å². The van der Waals surface area contributed by atoms with Gasteiger partial charge in [0.25, 0.3) is 0 Å². The van der Waals surface area contributed by atoms with Crippen molar-refractivity contribution >= 4 is 22.6 Å². The van der Waals surface area contributed by atoms with Crippen molar-refractivity contribution in [3.05, 3.63) is 24.3 Å². The van der Waals surface area contributed by atoms with Crippen molar-refractivity contribution in [1.82, 2.24) is 4.72 Å². The Morgan fingerprint density at radius 2 is 1.67 bits per heavy atom. The summed E-state index contributed by atoms with van der Waals surface area (Å²) in [7, 11) is -4.04. The number of ether oxygens (including phenoxy) is 1. The first-order valence-electron chi connectivity index (χ1n) is 8.16. The molecule has 132 valence electrons. The second-order valence-corrected chi connectivity index (χ2v) is 9.05. The lowest BCUT2D eigenvalue weighted by Gasteiger charge is -2.32. The molecule has 2 saturated heterocycles. The third-order valence-corrected chi connectivity index (χ3v) is 6.50. The van der Waals surface area contributed by atoms with Gasteiger partial charge in [0.2, 0.25) is 10.0 Å². The highest BCUT2D eigenvalue weighted by Crippen LogP contribution is 2.36. The van der Waals surface area contributed by atoms with Gasteiger partial charge in [0.1, 0.15) is 0 Å². The SMILES string of the molecule is CC1(C)OB(c2ccc(S(=O)(=O)N[C@H]3CCOC3)cc2)OC1(C)C. The first-order chi connectivity index (χ1) is 11.1. The summed E-state index contributed by atoms with van der Waals surface area (Å²) in [6.07, 6.45) is 0.700. The van der Waals surface area contributed by atoms with Crippen LogP contribution in [0.2, 0.25) is 0 Å². The smallest absolute Gasteiger partial charge is 0.399 e. The second kappa shape index (κ2) is 6.11. The van der Waals surface area contributed by atoms with Crippen LogP contribution in [0.1, 0.15) is 34.1 Å². The van der Waals surface area contributed by atoms with Crippen LogP contribution < -0.4 is 10.2 Å². The molecule has 0 spiro atoms. The molecule has 0 unspecified atom stereocenters. The fourth-order valence-electron chi connectivity index (χ4n) is 2.70. The van der Waals surface area contributed by atoms with Gasteiger partial charge in [0, 0.05) is 12.6 Å². The zero-order valence-corrected chi connectivity index (χ0v) is 15.4. The summed E-state index contributed by atoms with van der Waals surface area (Å²) in [5.74, 6) is 0. The van der Waals surface area contributed by atoms with Crippen LogP contribution in [0.5, 0.6) is 0 Å². The lowest BCUT2D eigenvalue weighted by Crippen LogP contribution is -2.41. The molecule has 2 heterocycles. The fraction of sp³-hybridized carbons (Fsp3) is 0.625. The predicted molar refractivity (Wildman–Crippen MR) is 91.7 cm³/mol. The Balaban J connectivity index is 1.74. The Bertz CT molecular complexity index is 680. The van der Waals surface area contributed by atoms with E-state index in [0.717, 1.165) is 5.46 Å². The van der Waals surface area contributed by atoms with Crippen LogP contribution in [0.3, 0.4) is 0 Å². The fourth-order valence-corrected chi connectivity index (χ4v) is 3.95. The van der Waals surface area contributed by atoms with E-state index in [1.807, 2.05) is 27.7 Å². The molecule has 0 radical (unpaired) electrons. The monoisotopic (exact) mass is 353 g/mol. The third-order valence-electron chi connectivity index (χ3n) is 4.97. The van der Waals surface area contributed by atoms with Crippen molar-refractivity contribution in [2.75, 3.05) is 13.2 Å². The van der Waals surface area contributed by atoms with E-state index in [4.69, 9.17) is 14.0 Å². The van der Waals surface area contributed by atoms with E-state index in [1.54, 1.807) is 24.3 Å². The maximum absolute atomic E-state index is 12.4. The average Bonchev–Trinajstić information content (AvgIpc) is 3.05. The summed E-state index contributed by atoms with van der Waals surface area (Å²) in [5.41, 5.74) is -0.0457. The van der Waals surface area contributed by atoms with Gasteiger partial charge >= 0.3 is 7.12 Å². The lowest BCUT2D eigenvalue weighted by molar-refractivity contribution is 0.00578. The van der Waals surface area contributed by atoms with E-state index in [2.05, 4.69) is 4.72 Å². The molecule has 2 aliphatic heterocycles. The molecule has 1 aromatic rings. The molecule has 3 rings (SSSR count). The minimum atomic E-state index is -3.54. The Hall–Kier alpha value is -0.925. The number of hydrogen-bond acceptors (Lipinski definition) is 5. The van der Waals surface area contributed by atoms with E-state index in [0.29, 0.717) is 19.6 Å². The van der Waals surface area contributed by atoms with Crippen LogP contribution in [0.4, 0.5) is 0 Å². The third kappa shape index (κ3) is 3.39. The number of hydrogen-bond donors (Lipinski definition) is 1. The molecule has 1 aromatic carbocycles. The molecule has 2 fully saturated rings. The van der Waals surface area contributed by atoms with E-state index in [1.165, 1.54) is 0 Å². The van der Waals surface area contributed by atoms with Gasteiger partial charge in [-0.1, -0.05) is 12.1 Å². The molecule has 0 amide bonds. The van der Waals surface area contributed by atoms with Crippen LogP contribution >= 0.6 is 0 Å². The Morgan fingerprint density at radius 3 is 2.17 bits per heavy atom. The van der Waals surface area contributed by atoms with Gasteiger partial charge in [0.15, 0.2) is 0 Å². The number of nitrogens with one attached hydrogen (secondary N) is 1. The van der Waals surface area contributed by atoms with Crippen molar-refractivity contribution in [1.29, 1.82) is 0 Å². The molecule has 0 aliphatic carbocycles. The van der Waals surface area contributed by atoms with Gasteiger partial charge in [-0.2, -0.15) is 0 Å². The Labute approximate surface area is 144 Å². The topological polar surface area (TPSA) is 73.9 Å². The van der Waals surface area contributed by atoms with Crippen molar-refractivity contribution in [2.45, 2.75) is 56.3 Å². The molecule has 0 aromatic heterocycles. The molecule has 1 N–H and O–H groups in total. The average molecular weight is 353 g/mol. The minimum Gasteiger partial charge on any atom is -0.399 e. The maximum atomic E-state index is 12.4. The molecule has 8 heteroatoms. The first-order valence-corrected chi connectivity index (χ1v) is 9.65. The van der Waals surface area contributed by atoms with Gasteiger partial charge in [-0.3, -0.25) is 0 Å². The zero-order chi connectivity index (χ0) is 17.6. The molecule has 6 nitrogen and oxygen atoms in total. The van der Waals surface area contributed by atoms with Gasteiger partial charge in [0.05, 0.1) is 22.7 Å². The van der Waals surface area contributed by atoms with Gasteiger partial charge < -0.3 is 14.0 Å². The molecule has 0 saturated carbocycles. The molecule has 24 heavy (non-hydrogen) atoms. The molecule has 0 bridgehead atoms. The minimum absolute atomic E-state index is 0.155. The molecular weight excluding hydrogens is 329 g/mol. The summed E-state index contributed by atoms with van der Waals surface area (Å²) in [5, 5.41) is 0. The summed E-state index contributed by atoms with van der Waals surface area (Å²) in [4.78, 5) is 0.231. The summed E-state index contributed by atoms with van der Waals surface area (Å²) in [6.45, 7) is 8.96. The van der Waals surface area contributed by atoms with Crippen LogP contribution in [-0.4, -0.2) is 46.0 Å². The maximum Gasteiger partial charge on any atom is 0.494 e. The van der Waals surface area contributed by atoms with Gasteiger partial charge in [-0.05, 0) is 51.7 Å². The summed E-state index contributed by atoms with van der Waals surface area (Å²) >= 11 is 0. The highest BCUT2D eigenvalue weighted by atomic mass is 32.2. The van der Waals surface area contributed by atoms with E-state index >= 15 is 0 Å². The highest BCUT2D eigenvalue weighted by molar-refractivity contribution is 7.89. The number of rotatable bonds is 4. The van der Waals surface area contributed by atoms with Crippen molar-refractivity contribution in [2.24, 2.45) is 0 Å². The molecule has 2 aliphatic rings. The van der Waals surface area contributed by atoms with Crippen LogP contribution in [-0.2, 0) is 24.1 Å². The second-order valence-electron chi connectivity index (χ2n) is 7.34. The molecule has 1 atom stereocenters. The standard InChI is InChI=1S/C16H24BNO5S/c1-15(2)16(3,4)23-17(22-15)12-5-7-14(8-6-12)24(19,20)18-13-9-10-21-11-13/h5-8,13,18H,9-11H2,1-4H3/t13-/m0/s1. The van der Waals surface area contributed by atoms with Crippen molar-refractivity contribution in [3.8, 4) is 0 Å². The number of benzene rings is 1. The molecular formula is C16H24BNO5S. The van der Waals surface area contributed by atoms with Gasteiger partial charge in [-0.25, -0.2) is 13.1 Å². The lowest BCUT2D eigenvalue weighted by atomic mass is 9.79. The van der Waals surface area contributed by atoms with Crippen LogP contribution in [0.15, 0.2) is 29.2 Å². The predicted octanol–water partition coefficient (Wildman–Crippen LogP) is 1.05. The van der Waals surface area contributed by atoms with E-state index in [-0.39, 0.29) is 10.9 Å². The normalized spacial score (nSPS) is 26.0. The Morgan fingerprint density at radius 1 is 1.08 bits per heavy atom. The van der Waals surface area contributed by atoms with Crippen molar-refractivity contribution in [3.63, 3.8) is 0 Å². The summed E-state index contributed by atoms with van der Waals surface area (Å²) < 4.78 is 44.6. The summed E-state index contributed by atoms with van der Waals surface area (Å²) in [6, 6.07) is 6.48. The van der Waals surface area contributed by atoms with E-state index < -0.39 is 28.3 Å². The van der Waals surface area contributed by atoms with Crippen molar-refractivity contribution < 1.29 is 22.5 Å². The number of sulfonamides is 1. The first kappa shape index (κ1) is 17.9. The zero-order valence-electron chi connectivity index (χ0n) is 14.5. The Kier molecular flexibility index (Phi) is 4.55. The highest BCUT2D eigenvalue weighted by Gasteiger charge is 2.51. The van der Waals surface area contributed by atoms with E-state index in [9.17, 15) is 8.42 Å². The largest absolute Gasteiger partial charge is 0.494 e. The van der Waals surface area contributed by atoms with Crippen LogP contribution in [0.25, 0.3) is 0 Å². The van der Waals surface area contributed by atoms with Crippen LogP contribution in [0, 0.1) is 0 Å². The quantitative estimate of drug-likeness (QED) is 0.820.